The highest BCUT2D eigenvalue weighted by atomic mass is 35.5. The van der Waals surface area contributed by atoms with E-state index in [2.05, 4.69) is 15.6 Å². The molecule has 0 fully saturated rings. The minimum Gasteiger partial charge on any atom is -0.493 e. The van der Waals surface area contributed by atoms with E-state index in [1.807, 2.05) is 6.07 Å². The zero-order valence-electron chi connectivity index (χ0n) is 16.1. The summed E-state index contributed by atoms with van der Waals surface area (Å²) in [5, 5.41) is 5.68. The molecule has 0 aromatic heterocycles. The van der Waals surface area contributed by atoms with Crippen LogP contribution >= 0.6 is 11.6 Å². The predicted octanol–water partition coefficient (Wildman–Crippen LogP) is 2.71. The van der Waals surface area contributed by atoms with Crippen LogP contribution in [0.25, 0.3) is 0 Å². The average molecular weight is 418 g/mol. The van der Waals surface area contributed by atoms with Gasteiger partial charge in [0, 0.05) is 10.6 Å². The van der Waals surface area contributed by atoms with E-state index in [1.54, 1.807) is 18.2 Å². The summed E-state index contributed by atoms with van der Waals surface area (Å²) in [6.07, 6.45) is 0.132. The topological polar surface area (TPSA) is 98.2 Å². The van der Waals surface area contributed by atoms with Crippen molar-refractivity contribution in [2.24, 2.45) is 4.99 Å². The molecule has 2 amide bonds. The Labute approximate surface area is 172 Å². The number of amides is 2. The van der Waals surface area contributed by atoms with E-state index in [1.165, 1.54) is 33.5 Å². The number of carbonyl (C=O) groups is 2. The van der Waals surface area contributed by atoms with Crippen LogP contribution in [0, 0.1) is 0 Å². The first-order valence-electron chi connectivity index (χ1n) is 8.70. The van der Waals surface area contributed by atoms with Crippen molar-refractivity contribution >= 4 is 29.4 Å². The molecular formula is C20H20ClN3O5. The molecule has 1 aliphatic heterocycles. The summed E-state index contributed by atoms with van der Waals surface area (Å²) in [6, 6.07) is 9.66. The zero-order valence-corrected chi connectivity index (χ0v) is 16.9. The largest absolute Gasteiger partial charge is 0.493 e. The van der Waals surface area contributed by atoms with Gasteiger partial charge in [-0.05, 0) is 23.8 Å². The van der Waals surface area contributed by atoms with Gasteiger partial charge in [0.25, 0.3) is 5.91 Å². The number of halogens is 1. The van der Waals surface area contributed by atoms with Crippen LogP contribution in [0.5, 0.6) is 17.2 Å². The molecular weight excluding hydrogens is 398 g/mol. The lowest BCUT2D eigenvalue weighted by molar-refractivity contribution is -0.120. The van der Waals surface area contributed by atoms with Gasteiger partial charge in [-0.15, -0.1) is 0 Å². The first-order chi connectivity index (χ1) is 14.0. The summed E-state index contributed by atoms with van der Waals surface area (Å²) in [5.41, 5.74) is 0.958. The molecule has 152 valence electrons. The fourth-order valence-corrected chi connectivity index (χ4v) is 3.23. The molecule has 1 heterocycles. The van der Waals surface area contributed by atoms with E-state index in [0.29, 0.717) is 27.8 Å². The summed E-state index contributed by atoms with van der Waals surface area (Å²) < 4.78 is 15.8. The molecule has 1 atom stereocenters. The van der Waals surface area contributed by atoms with E-state index in [0.717, 1.165) is 0 Å². The molecule has 29 heavy (non-hydrogen) atoms. The van der Waals surface area contributed by atoms with Crippen LogP contribution in [0.1, 0.15) is 28.4 Å². The van der Waals surface area contributed by atoms with E-state index in [9.17, 15) is 9.59 Å². The summed E-state index contributed by atoms with van der Waals surface area (Å²) in [6.45, 7) is 0. The molecule has 9 heteroatoms. The van der Waals surface area contributed by atoms with Crippen LogP contribution in [-0.4, -0.2) is 39.1 Å². The maximum atomic E-state index is 12.7. The van der Waals surface area contributed by atoms with Crippen LogP contribution in [0.3, 0.4) is 0 Å². The molecule has 2 aromatic rings. The molecule has 8 nitrogen and oxygen atoms in total. The first kappa shape index (κ1) is 20.5. The van der Waals surface area contributed by atoms with Crippen molar-refractivity contribution in [1.29, 1.82) is 0 Å². The van der Waals surface area contributed by atoms with Crippen LogP contribution in [0.2, 0.25) is 5.02 Å². The van der Waals surface area contributed by atoms with Crippen molar-refractivity contribution in [2.45, 2.75) is 12.5 Å². The average Bonchev–Trinajstić information content (AvgIpc) is 2.72. The maximum Gasteiger partial charge on any atom is 0.258 e. The SMILES string of the molecule is COc1cc(C(=O)NC2=N[C@H](c3ccccc3Cl)CC(=O)N2)cc(OC)c1OC. The van der Waals surface area contributed by atoms with Gasteiger partial charge in [0.05, 0.1) is 33.8 Å². The molecule has 2 N–H and O–H groups in total. The third kappa shape index (κ3) is 4.43. The second kappa shape index (κ2) is 8.83. The summed E-state index contributed by atoms with van der Waals surface area (Å²) in [4.78, 5) is 29.3. The minimum absolute atomic E-state index is 0.0462. The van der Waals surface area contributed by atoms with Gasteiger partial charge in [-0.25, -0.2) is 4.99 Å². The molecule has 0 radical (unpaired) electrons. The number of guanidine groups is 1. The molecule has 0 saturated carbocycles. The number of methoxy groups -OCH3 is 3. The van der Waals surface area contributed by atoms with Gasteiger partial charge >= 0.3 is 0 Å². The number of hydrogen-bond acceptors (Lipinski definition) is 6. The van der Waals surface area contributed by atoms with E-state index in [-0.39, 0.29) is 23.9 Å². The number of carbonyl (C=O) groups excluding carboxylic acids is 2. The van der Waals surface area contributed by atoms with Crippen molar-refractivity contribution in [3.05, 3.63) is 52.5 Å². The summed E-state index contributed by atoms with van der Waals surface area (Å²) in [5.74, 6) is 0.313. The summed E-state index contributed by atoms with van der Waals surface area (Å²) >= 11 is 6.22. The quantitative estimate of drug-likeness (QED) is 0.779. The Morgan fingerprint density at radius 3 is 2.38 bits per heavy atom. The van der Waals surface area contributed by atoms with Crippen molar-refractivity contribution < 1.29 is 23.8 Å². The zero-order chi connectivity index (χ0) is 21.0. The van der Waals surface area contributed by atoms with Gasteiger partial charge in [0.15, 0.2) is 11.5 Å². The van der Waals surface area contributed by atoms with Crippen molar-refractivity contribution in [3.63, 3.8) is 0 Å². The van der Waals surface area contributed by atoms with Gasteiger partial charge < -0.3 is 14.2 Å². The number of benzene rings is 2. The van der Waals surface area contributed by atoms with Crippen molar-refractivity contribution in [2.75, 3.05) is 21.3 Å². The monoisotopic (exact) mass is 417 g/mol. The van der Waals surface area contributed by atoms with Crippen LogP contribution in [0.4, 0.5) is 0 Å². The predicted molar refractivity (Wildman–Crippen MR) is 108 cm³/mol. The lowest BCUT2D eigenvalue weighted by Crippen LogP contribution is -2.47. The second-order valence-corrected chi connectivity index (χ2v) is 6.54. The van der Waals surface area contributed by atoms with Gasteiger partial charge in [-0.1, -0.05) is 29.8 Å². The Kier molecular flexibility index (Phi) is 6.23. The molecule has 3 rings (SSSR count). The Balaban J connectivity index is 1.88. The first-order valence-corrected chi connectivity index (χ1v) is 9.08. The number of nitrogens with one attached hydrogen (secondary N) is 2. The standard InChI is InChI=1S/C20H20ClN3O5/c1-27-15-8-11(9-16(28-2)18(15)29-3)19(26)24-20-22-14(10-17(25)23-20)12-6-4-5-7-13(12)21/h4-9,14H,10H2,1-3H3,(H2,22,23,24,25,26)/t14-/m0/s1. The van der Waals surface area contributed by atoms with Crippen molar-refractivity contribution in [1.82, 2.24) is 10.6 Å². The molecule has 2 aromatic carbocycles. The highest BCUT2D eigenvalue weighted by molar-refractivity contribution is 6.31. The van der Waals surface area contributed by atoms with Crippen molar-refractivity contribution in [3.8, 4) is 17.2 Å². The van der Waals surface area contributed by atoms with E-state index < -0.39 is 11.9 Å². The lowest BCUT2D eigenvalue weighted by atomic mass is 10.0. The Morgan fingerprint density at radius 2 is 1.79 bits per heavy atom. The number of aliphatic imine (C=N–C) groups is 1. The fourth-order valence-electron chi connectivity index (χ4n) is 2.97. The molecule has 0 spiro atoms. The number of hydrogen-bond donors (Lipinski definition) is 2. The normalized spacial score (nSPS) is 15.8. The summed E-state index contributed by atoms with van der Waals surface area (Å²) in [7, 11) is 4.39. The second-order valence-electron chi connectivity index (χ2n) is 6.14. The van der Waals surface area contributed by atoms with Gasteiger partial charge in [0.1, 0.15) is 0 Å². The highest BCUT2D eigenvalue weighted by Gasteiger charge is 2.26. The number of rotatable bonds is 5. The maximum absolute atomic E-state index is 12.7. The van der Waals surface area contributed by atoms with Gasteiger partial charge in [-0.2, -0.15) is 0 Å². The number of ether oxygens (including phenoxy) is 3. The smallest absolute Gasteiger partial charge is 0.258 e. The lowest BCUT2D eigenvalue weighted by Gasteiger charge is -2.22. The Bertz CT molecular complexity index is 951. The van der Waals surface area contributed by atoms with Crippen LogP contribution in [-0.2, 0) is 4.79 Å². The van der Waals surface area contributed by atoms with Gasteiger partial charge in [-0.3, -0.25) is 20.2 Å². The minimum atomic E-state index is -0.497. The molecule has 0 bridgehead atoms. The van der Waals surface area contributed by atoms with E-state index in [4.69, 9.17) is 25.8 Å². The van der Waals surface area contributed by atoms with Crippen LogP contribution in [0.15, 0.2) is 41.4 Å². The third-order valence-electron chi connectivity index (χ3n) is 4.34. The van der Waals surface area contributed by atoms with Gasteiger partial charge in [0.2, 0.25) is 17.6 Å². The Morgan fingerprint density at radius 1 is 1.14 bits per heavy atom. The molecule has 0 unspecified atom stereocenters. The Hall–Kier alpha value is -3.26. The van der Waals surface area contributed by atoms with E-state index >= 15 is 0 Å². The number of nitrogens with zero attached hydrogens (tertiary/aromatic N) is 1. The third-order valence-corrected chi connectivity index (χ3v) is 4.69. The fraction of sp³-hybridized carbons (Fsp3) is 0.250. The molecule has 0 saturated heterocycles. The molecule has 1 aliphatic rings. The highest BCUT2D eigenvalue weighted by Crippen LogP contribution is 2.38. The van der Waals surface area contributed by atoms with Crippen LogP contribution < -0.4 is 24.8 Å². The molecule has 0 aliphatic carbocycles.